The summed E-state index contributed by atoms with van der Waals surface area (Å²) < 4.78 is 40.7. The van der Waals surface area contributed by atoms with E-state index in [-0.39, 0.29) is 28.5 Å². The number of ether oxygens (including phenoxy) is 1. The minimum atomic E-state index is -4.07. The Bertz CT molecular complexity index is 1270. The number of benzene rings is 2. The van der Waals surface area contributed by atoms with Crippen LogP contribution in [0.15, 0.2) is 75.7 Å². The van der Waals surface area contributed by atoms with E-state index in [2.05, 4.69) is 5.32 Å². The number of rotatable bonds is 8. The summed E-state index contributed by atoms with van der Waals surface area (Å²) in [7, 11) is -2.71. The van der Waals surface area contributed by atoms with Crippen LogP contribution in [0.1, 0.15) is 16.9 Å². The molecule has 1 aromatic heterocycles. The molecule has 0 spiro atoms. The fourth-order valence-corrected chi connectivity index (χ4v) is 3.64. The Hall–Kier alpha value is -4.03. The number of furan rings is 1. The fraction of sp³-hybridized carbons (Fsp3) is 0.130. The normalized spacial score (nSPS) is 11.5. The van der Waals surface area contributed by atoms with Crippen molar-refractivity contribution in [3.63, 3.8) is 0 Å². The number of hydrogen-bond donors (Lipinski definition) is 1. The molecule has 3 rings (SSSR count). The molecule has 9 heteroatoms. The van der Waals surface area contributed by atoms with E-state index in [4.69, 9.17) is 13.3 Å². The molecule has 8 nitrogen and oxygen atoms in total. The zero-order chi connectivity index (χ0) is 23.1. The summed E-state index contributed by atoms with van der Waals surface area (Å²) in [6.45, 7) is 1.98. The third kappa shape index (κ3) is 5.56. The van der Waals surface area contributed by atoms with Crippen molar-refractivity contribution in [2.75, 3.05) is 7.11 Å². The Morgan fingerprint density at radius 3 is 2.53 bits per heavy atom. The number of carbonyl (C=O) groups excluding carboxylic acids is 1. The van der Waals surface area contributed by atoms with Gasteiger partial charge in [-0.2, -0.15) is 13.7 Å². The fourth-order valence-electron chi connectivity index (χ4n) is 2.71. The van der Waals surface area contributed by atoms with Gasteiger partial charge < -0.3 is 18.7 Å². The third-order valence-corrected chi connectivity index (χ3v) is 5.62. The van der Waals surface area contributed by atoms with E-state index in [9.17, 15) is 18.5 Å². The molecule has 0 unspecified atom stereocenters. The van der Waals surface area contributed by atoms with Gasteiger partial charge in [0.2, 0.25) is 0 Å². The molecule has 0 atom stereocenters. The molecule has 0 fully saturated rings. The first-order valence-corrected chi connectivity index (χ1v) is 10.8. The van der Waals surface area contributed by atoms with E-state index in [0.29, 0.717) is 11.3 Å². The second-order valence-corrected chi connectivity index (χ2v) is 8.24. The lowest BCUT2D eigenvalue weighted by Crippen LogP contribution is -2.23. The molecular weight excluding hydrogens is 432 g/mol. The first-order valence-electron chi connectivity index (χ1n) is 9.44. The number of nitrogens with one attached hydrogen (secondary N) is 1. The van der Waals surface area contributed by atoms with Crippen molar-refractivity contribution in [1.82, 2.24) is 5.32 Å². The van der Waals surface area contributed by atoms with Gasteiger partial charge in [-0.3, -0.25) is 4.79 Å². The average molecular weight is 452 g/mol. The highest BCUT2D eigenvalue weighted by molar-refractivity contribution is 7.87. The maximum absolute atomic E-state index is 12.6. The van der Waals surface area contributed by atoms with Gasteiger partial charge in [0.05, 0.1) is 19.9 Å². The largest absolute Gasteiger partial charge is 0.493 e. The van der Waals surface area contributed by atoms with Crippen LogP contribution >= 0.6 is 0 Å². The van der Waals surface area contributed by atoms with E-state index < -0.39 is 16.0 Å². The molecule has 0 aliphatic heterocycles. The second kappa shape index (κ2) is 9.85. The predicted octanol–water partition coefficient (Wildman–Crippen LogP) is 3.59. The van der Waals surface area contributed by atoms with Gasteiger partial charge in [0, 0.05) is 0 Å². The quantitative estimate of drug-likeness (QED) is 0.315. The molecule has 1 heterocycles. The first kappa shape index (κ1) is 22.7. The number of amides is 1. The molecule has 32 heavy (non-hydrogen) atoms. The highest BCUT2D eigenvalue weighted by atomic mass is 32.2. The summed E-state index contributed by atoms with van der Waals surface area (Å²) in [5.41, 5.74) is 1.23. The van der Waals surface area contributed by atoms with Crippen LogP contribution in [-0.2, 0) is 21.5 Å². The Morgan fingerprint density at radius 1 is 1.16 bits per heavy atom. The summed E-state index contributed by atoms with van der Waals surface area (Å²) in [6, 6.07) is 15.9. The molecule has 164 valence electrons. The first-order chi connectivity index (χ1) is 15.3. The zero-order valence-electron chi connectivity index (χ0n) is 17.4. The number of hydrogen-bond acceptors (Lipinski definition) is 7. The molecule has 0 aliphatic rings. The van der Waals surface area contributed by atoms with E-state index in [1.807, 2.05) is 13.0 Å². The highest BCUT2D eigenvalue weighted by Gasteiger charge is 2.19. The van der Waals surface area contributed by atoms with E-state index >= 15 is 0 Å². The molecular formula is C23H20N2O6S. The summed E-state index contributed by atoms with van der Waals surface area (Å²) >= 11 is 0. The van der Waals surface area contributed by atoms with Crippen LogP contribution in [0, 0.1) is 18.3 Å². The van der Waals surface area contributed by atoms with Crippen molar-refractivity contribution in [1.29, 1.82) is 5.26 Å². The summed E-state index contributed by atoms with van der Waals surface area (Å²) in [5.74, 6) is 0.0764. The van der Waals surface area contributed by atoms with Crippen LogP contribution in [-0.4, -0.2) is 21.4 Å². The van der Waals surface area contributed by atoms with Crippen LogP contribution in [0.4, 0.5) is 0 Å². The van der Waals surface area contributed by atoms with Crippen LogP contribution in [0.5, 0.6) is 11.5 Å². The summed E-state index contributed by atoms with van der Waals surface area (Å²) in [5, 5.41) is 11.9. The molecule has 1 amide bonds. The minimum Gasteiger partial charge on any atom is -0.493 e. The van der Waals surface area contributed by atoms with Crippen LogP contribution in [0.3, 0.4) is 0 Å². The lowest BCUT2D eigenvalue weighted by molar-refractivity contribution is -0.117. The monoisotopic (exact) mass is 452 g/mol. The van der Waals surface area contributed by atoms with Gasteiger partial charge >= 0.3 is 10.1 Å². The smallest absolute Gasteiger partial charge is 0.339 e. The molecule has 0 saturated heterocycles. The standard InChI is InChI=1S/C23H20N2O6S/c1-16-5-8-20(9-6-16)32(27,28)31-21-10-7-17(13-22(21)29-2)12-18(14-24)23(26)25-15-19-4-3-11-30-19/h3-13H,15H2,1-2H3,(H,25,26)/b18-12-. The Morgan fingerprint density at radius 2 is 1.91 bits per heavy atom. The van der Waals surface area contributed by atoms with E-state index in [0.717, 1.165) is 5.56 Å². The van der Waals surface area contributed by atoms with E-state index in [1.54, 1.807) is 24.3 Å². The Balaban J connectivity index is 1.79. The zero-order valence-corrected chi connectivity index (χ0v) is 18.2. The number of aryl methyl sites for hydroxylation is 1. The molecule has 0 saturated carbocycles. The maximum atomic E-state index is 12.6. The highest BCUT2D eigenvalue weighted by Crippen LogP contribution is 2.31. The van der Waals surface area contributed by atoms with E-state index in [1.165, 1.54) is 49.8 Å². The van der Waals surface area contributed by atoms with Crippen molar-refractivity contribution < 1.29 is 26.5 Å². The predicted molar refractivity (Wildman–Crippen MR) is 116 cm³/mol. The van der Waals surface area contributed by atoms with Crippen molar-refractivity contribution in [3.8, 4) is 17.6 Å². The van der Waals surface area contributed by atoms with Gasteiger partial charge in [0.15, 0.2) is 11.5 Å². The summed E-state index contributed by atoms with van der Waals surface area (Å²) in [4.78, 5) is 12.3. The molecule has 0 radical (unpaired) electrons. The Labute approximate surface area is 185 Å². The molecule has 3 aromatic rings. The van der Waals surface area contributed by atoms with Gasteiger partial charge in [-0.25, -0.2) is 0 Å². The molecule has 0 bridgehead atoms. The number of methoxy groups -OCH3 is 1. The molecule has 2 aromatic carbocycles. The van der Waals surface area contributed by atoms with Crippen molar-refractivity contribution >= 4 is 22.1 Å². The number of nitrogens with zero attached hydrogens (tertiary/aromatic N) is 1. The topological polar surface area (TPSA) is 119 Å². The van der Waals surface area contributed by atoms with Crippen LogP contribution in [0.2, 0.25) is 0 Å². The average Bonchev–Trinajstić information content (AvgIpc) is 3.30. The lowest BCUT2D eigenvalue weighted by Gasteiger charge is -2.12. The third-order valence-electron chi connectivity index (χ3n) is 4.38. The van der Waals surface area contributed by atoms with Gasteiger partial charge in [0.1, 0.15) is 22.3 Å². The SMILES string of the molecule is COc1cc(/C=C(/C#N)C(=O)NCc2ccco2)ccc1OS(=O)(=O)c1ccc(C)cc1. The van der Waals surface area contributed by atoms with Crippen LogP contribution < -0.4 is 14.2 Å². The number of nitriles is 1. The van der Waals surface area contributed by atoms with Crippen LogP contribution in [0.25, 0.3) is 6.08 Å². The van der Waals surface area contributed by atoms with Gasteiger partial charge in [-0.05, 0) is 55.0 Å². The lowest BCUT2D eigenvalue weighted by atomic mass is 10.1. The minimum absolute atomic E-state index is 0.00844. The summed E-state index contributed by atoms with van der Waals surface area (Å²) in [6.07, 6.45) is 2.84. The van der Waals surface area contributed by atoms with Gasteiger partial charge in [-0.15, -0.1) is 0 Å². The molecule has 1 N–H and O–H groups in total. The van der Waals surface area contributed by atoms with Gasteiger partial charge in [-0.1, -0.05) is 23.8 Å². The number of carbonyl (C=O) groups is 1. The molecule has 0 aliphatic carbocycles. The van der Waals surface area contributed by atoms with Gasteiger partial charge in [0.25, 0.3) is 5.91 Å². The van der Waals surface area contributed by atoms with Crippen molar-refractivity contribution in [2.45, 2.75) is 18.4 Å². The van der Waals surface area contributed by atoms with Crippen molar-refractivity contribution in [3.05, 3.63) is 83.3 Å². The maximum Gasteiger partial charge on any atom is 0.339 e. The Kier molecular flexibility index (Phi) is 6.97. The second-order valence-electron chi connectivity index (χ2n) is 6.69. The van der Waals surface area contributed by atoms with Crippen molar-refractivity contribution in [2.24, 2.45) is 0 Å².